The van der Waals surface area contributed by atoms with Crippen LogP contribution >= 0.6 is 23.2 Å². The summed E-state index contributed by atoms with van der Waals surface area (Å²) < 4.78 is 0. The van der Waals surface area contributed by atoms with Gasteiger partial charge in [-0.25, -0.2) is 4.98 Å². The highest BCUT2D eigenvalue weighted by Crippen LogP contribution is 2.28. The summed E-state index contributed by atoms with van der Waals surface area (Å²) in [5, 5.41) is 0.446. The van der Waals surface area contributed by atoms with Crippen molar-refractivity contribution >= 4 is 34.8 Å². The molecule has 86 valence electrons. The molecule has 16 heavy (non-hydrogen) atoms. The highest BCUT2D eigenvalue weighted by molar-refractivity contribution is 6.29. The molecular weight excluding hydrogens is 247 g/mol. The van der Waals surface area contributed by atoms with Crippen molar-refractivity contribution in [2.45, 2.75) is 13.3 Å². The summed E-state index contributed by atoms with van der Waals surface area (Å²) in [5.41, 5.74) is 1.61. The molecule has 2 rings (SSSR count). The number of aromatic nitrogens is 1. The molecule has 1 aliphatic rings. The van der Waals surface area contributed by atoms with Crippen LogP contribution < -0.4 is 4.90 Å². The monoisotopic (exact) mass is 258 g/mol. The number of halogens is 2. The average molecular weight is 259 g/mol. The van der Waals surface area contributed by atoms with E-state index in [4.69, 9.17) is 23.2 Å². The maximum absolute atomic E-state index is 11.8. The number of rotatable bonds is 2. The molecule has 1 saturated heterocycles. The normalized spacial score (nSPS) is 20.6. The summed E-state index contributed by atoms with van der Waals surface area (Å²) >= 11 is 11.6. The second-order valence-electron chi connectivity index (χ2n) is 3.97. The Morgan fingerprint density at radius 1 is 1.56 bits per heavy atom. The third-order valence-electron chi connectivity index (χ3n) is 2.74. The zero-order valence-corrected chi connectivity index (χ0v) is 10.4. The summed E-state index contributed by atoms with van der Waals surface area (Å²) in [6.45, 7) is 2.52. The van der Waals surface area contributed by atoms with Gasteiger partial charge >= 0.3 is 0 Å². The second kappa shape index (κ2) is 4.60. The fourth-order valence-corrected chi connectivity index (χ4v) is 2.32. The topological polar surface area (TPSA) is 33.2 Å². The van der Waals surface area contributed by atoms with Crippen LogP contribution in [0.2, 0.25) is 5.15 Å². The Morgan fingerprint density at radius 3 is 2.88 bits per heavy atom. The first-order valence-electron chi connectivity index (χ1n) is 5.11. The summed E-state index contributed by atoms with van der Waals surface area (Å²) in [5.74, 6) is 0.865. The summed E-state index contributed by atoms with van der Waals surface area (Å²) in [6, 6.07) is 3.53. The average Bonchev–Trinajstić information content (AvgIpc) is 2.60. The lowest BCUT2D eigenvalue weighted by atomic mass is 10.1. The van der Waals surface area contributed by atoms with E-state index in [-0.39, 0.29) is 11.8 Å². The van der Waals surface area contributed by atoms with Crippen molar-refractivity contribution in [1.82, 2.24) is 4.98 Å². The number of carbonyl (C=O) groups is 1. The van der Waals surface area contributed by atoms with E-state index in [1.54, 1.807) is 11.0 Å². The lowest BCUT2D eigenvalue weighted by molar-refractivity contribution is -0.117. The highest BCUT2D eigenvalue weighted by Gasteiger charge is 2.30. The molecule has 1 amide bonds. The summed E-state index contributed by atoms with van der Waals surface area (Å²) in [4.78, 5) is 17.7. The van der Waals surface area contributed by atoms with E-state index < -0.39 is 0 Å². The van der Waals surface area contributed by atoms with Crippen LogP contribution in [0.1, 0.15) is 12.1 Å². The second-order valence-corrected chi connectivity index (χ2v) is 4.66. The Bertz CT molecular complexity index is 422. The van der Waals surface area contributed by atoms with E-state index in [0.29, 0.717) is 24.0 Å². The molecule has 1 fully saturated rings. The lowest BCUT2D eigenvalue weighted by Gasteiger charge is -2.18. The van der Waals surface area contributed by atoms with Gasteiger partial charge in [0.25, 0.3) is 0 Å². The van der Waals surface area contributed by atoms with Crippen LogP contribution in [0.25, 0.3) is 0 Å². The number of anilines is 1. The molecule has 1 aromatic rings. The number of hydrogen-bond acceptors (Lipinski definition) is 2. The minimum absolute atomic E-state index is 0.109. The SMILES string of the molecule is Cc1nc(Cl)ccc1N1CC(CCl)CC1=O. The van der Waals surface area contributed by atoms with Crippen molar-refractivity contribution in [3.05, 3.63) is 23.0 Å². The molecule has 5 heteroatoms. The first-order chi connectivity index (χ1) is 7.61. The van der Waals surface area contributed by atoms with Gasteiger partial charge in [-0.05, 0) is 25.0 Å². The number of nitrogens with zero attached hydrogens (tertiary/aromatic N) is 2. The van der Waals surface area contributed by atoms with Gasteiger partial charge in [0.15, 0.2) is 0 Å². The molecule has 0 bridgehead atoms. The van der Waals surface area contributed by atoms with Crippen molar-refractivity contribution in [1.29, 1.82) is 0 Å². The molecule has 1 unspecified atom stereocenters. The van der Waals surface area contributed by atoms with Crippen molar-refractivity contribution in [2.75, 3.05) is 17.3 Å². The Labute approximate surface area is 104 Å². The third-order valence-corrected chi connectivity index (χ3v) is 3.39. The van der Waals surface area contributed by atoms with Crippen LogP contribution in [-0.2, 0) is 4.79 Å². The lowest BCUT2D eigenvalue weighted by Crippen LogP contribution is -2.25. The van der Waals surface area contributed by atoms with Crippen molar-refractivity contribution in [2.24, 2.45) is 5.92 Å². The number of amides is 1. The quantitative estimate of drug-likeness (QED) is 0.604. The van der Waals surface area contributed by atoms with Gasteiger partial charge in [-0.3, -0.25) is 4.79 Å². The van der Waals surface area contributed by atoms with Crippen LogP contribution in [0.3, 0.4) is 0 Å². The van der Waals surface area contributed by atoms with Gasteiger partial charge < -0.3 is 4.90 Å². The number of hydrogen-bond donors (Lipinski definition) is 0. The number of alkyl halides is 1. The molecule has 3 nitrogen and oxygen atoms in total. The van der Waals surface area contributed by atoms with Crippen molar-refractivity contribution in [3.8, 4) is 0 Å². The van der Waals surface area contributed by atoms with Crippen molar-refractivity contribution < 1.29 is 4.79 Å². The maximum Gasteiger partial charge on any atom is 0.227 e. The van der Waals surface area contributed by atoms with E-state index in [9.17, 15) is 4.79 Å². The van der Waals surface area contributed by atoms with Gasteiger partial charge in [0, 0.05) is 18.8 Å². The van der Waals surface area contributed by atoms with Crippen LogP contribution in [0.4, 0.5) is 5.69 Å². The Kier molecular flexibility index (Phi) is 3.36. The number of carbonyl (C=O) groups excluding carboxylic acids is 1. The van der Waals surface area contributed by atoms with Gasteiger partial charge in [0.1, 0.15) is 5.15 Å². The molecule has 0 radical (unpaired) electrons. The Balaban J connectivity index is 2.28. The fourth-order valence-electron chi connectivity index (χ4n) is 1.93. The van der Waals surface area contributed by atoms with Gasteiger partial charge in [-0.1, -0.05) is 11.6 Å². The Morgan fingerprint density at radius 2 is 2.31 bits per heavy atom. The molecule has 0 spiro atoms. The third kappa shape index (κ3) is 2.15. The largest absolute Gasteiger partial charge is 0.310 e. The molecule has 0 aliphatic carbocycles. The smallest absolute Gasteiger partial charge is 0.227 e. The minimum atomic E-state index is 0.109. The summed E-state index contributed by atoms with van der Waals surface area (Å²) in [7, 11) is 0. The highest BCUT2D eigenvalue weighted by atomic mass is 35.5. The standard InChI is InChI=1S/C11H12Cl2N2O/c1-7-9(2-3-10(13)14-7)15-6-8(5-12)4-11(15)16/h2-3,8H,4-6H2,1H3. The minimum Gasteiger partial charge on any atom is -0.310 e. The van der Waals surface area contributed by atoms with E-state index >= 15 is 0 Å². The first-order valence-corrected chi connectivity index (χ1v) is 6.02. The van der Waals surface area contributed by atoms with Gasteiger partial charge in [-0.2, -0.15) is 0 Å². The predicted molar refractivity (Wildman–Crippen MR) is 65.2 cm³/mol. The zero-order chi connectivity index (χ0) is 11.7. The zero-order valence-electron chi connectivity index (χ0n) is 8.91. The molecule has 1 aliphatic heterocycles. The van der Waals surface area contributed by atoms with E-state index in [1.165, 1.54) is 0 Å². The number of aryl methyl sites for hydroxylation is 1. The molecular formula is C11H12Cl2N2O. The van der Waals surface area contributed by atoms with Crippen molar-refractivity contribution in [3.63, 3.8) is 0 Å². The molecule has 0 saturated carbocycles. The first kappa shape index (κ1) is 11.7. The summed E-state index contributed by atoms with van der Waals surface area (Å²) in [6.07, 6.45) is 0.519. The molecule has 1 aromatic heterocycles. The van der Waals surface area contributed by atoms with Crippen LogP contribution in [0, 0.1) is 12.8 Å². The maximum atomic E-state index is 11.8. The fraction of sp³-hybridized carbons (Fsp3) is 0.455. The number of pyridine rings is 1. The molecule has 1 atom stereocenters. The van der Waals surface area contributed by atoms with Crippen LogP contribution in [-0.4, -0.2) is 23.3 Å². The van der Waals surface area contributed by atoms with E-state index in [1.807, 2.05) is 13.0 Å². The Hall–Kier alpha value is -0.800. The predicted octanol–water partition coefficient (Wildman–Crippen LogP) is 2.64. The van der Waals surface area contributed by atoms with E-state index in [0.717, 1.165) is 11.4 Å². The molecule has 0 aromatic carbocycles. The van der Waals surface area contributed by atoms with Crippen LogP contribution in [0.15, 0.2) is 12.1 Å². The van der Waals surface area contributed by atoms with Gasteiger partial charge in [-0.15, -0.1) is 11.6 Å². The van der Waals surface area contributed by atoms with E-state index in [2.05, 4.69) is 4.98 Å². The van der Waals surface area contributed by atoms with Gasteiger partial charge in [0.2, 0.25) is 5.91 Å². The molecule has 2 heterocycles. The van der Waals surface area contributed by atoms with Crippen LogP contribution in [0.5, 0.6) is 0 Å². The molecule has 0 N–H and O–H groups in total. The van der Waals surface area contributed by atoms with Gasteiger partial charge in [0.05, 0.1) is 11.4 Å².